The fourth-order valence-electron chi connectivity index (χ4n) is 3.66. The van der Waals surface area contributed by atoms with Crippen molar-refractivity contribution in [3.05, 3.63) is 35.0 Å². The van der Waals surface area contributed by atoms with Crippen LogP contribution in [0.15, 0.2) is 18.2 Å². The van der Waals surface area contributed by atoms with E-state index in [1.165, 1.54) is 7.11 Å². The molecule has 0 bridgehead atoms. The molecule has 5 nitrogen and oxygen atoms in total. The van der Waals surface area contributed by atoms with Crippen LogP contribution < -0.4 is 0 Å². The Bertz CT molecular complexity index is 797. The third-order valence-electron chi connectivity index (χ3n) is 5.10. The maximum atomic E-state index is 12.3. The molecule has 2 heterocycles. The van der Waals surface area contributed by atoms with Crippen LogP contribution in [0.5, 0.6) is 0 Å². The van der Waals surface area contributed by atoms with E-state index in [1.807, 2.05) is 12.1 Å². The van der Waals surface area contributed by atoms with Gasteiger partial charge in [-0.3, -0.25) is 4.21 Å². The van der Waals surface area contributed by atoms with Crippen LogP contribution in [0.25, 0.3) is 10.9 Å². The van der Waals surface area contributed by atoms with E-state index in [9.17, 15) is 9.00 Å². The minimum Gasteiger partial charge on any atom is -0.464 e. The highest BCUT2D eigenvalue weighted by Crippen LogP contribution is 2.36. The molecule has 1 aromatic carbocycles. The molecule has 0 amide bonds. The van der Waals surface area contributed by atoms with Crippen molar-refractivity contribution in [2.75, 3.05) is 39.3 Å². The van der Waals surface area contributed by atoms with Gasteiger partial charge >= 0.3 is 5.97 Å². The molecule has 1 atom stereocenters. The molecule has 1 N–H and O–H groups in total. The second kappa shape index (κ2) is 9.02. The summed E-state index contributed by atoms with van der Waals surface area (Å²) in [5, 5.41) is 1.11. The van der Waals surface area contributed by atoms with Gasteiger partial charge in [0, 0.05) is 33.7 Å². The second-order valence-corrected chi connectivity index (χ2v) is 8.44. The highest BCUT2D eigenvalue weighted by Gasteiger charge is 2.27. The number of nitrogens with zero attached hydrogens (tertiary/aromatic N) is 1. The Kier molecular flexibility index (Phi) is 7.26. The maximum absolute atomic E-state index is 12.3. The standard InChI is InChI=1S/C19H26N2O3S.ClH/c1-21-9-6-14(7-10-21)17-15-12-13(8-11-25(3)23)4-5-16(15)20-18(17)19(22)24-2;/h4-5,12,14,20H,6-11H2,1-3H3;1H. The summed E-state index contributed by atoms with van der Waals surface area (Å²) < 4.78 is 16.4. The van der Waals surface area contributed by atoms with Gasteiger partial charge in [0.15, 0.2) is 0 Å². The lowest BCUT2D eigenvalue weighted by Gasteiger charge is -2.29. The fourth-order valence-corrected chi connectivity index (χ4v) is 4.18. The number of aromatic amines is 1. The van der Waals surface area contributed by atoms with Gasteiger partial charge in [0.05, 0.1) is 7.11 Å². The molecule has 0 aliphatic carbocycles. The molecule has 1 fully saturated rings. The lowest BCUT2D eigenvalue weighted by Crippen LogP contribution is -2.29. The Morgan fingerprint density at radius 3 is 2.65 bits per heavy atom. The van der Waals surface area contributed by atoms with Crippen molar-refractivity contribution in [2.45, 2.75) is 25.2 Å². The molecule has 0 radical (unpaired) electrons. The van der Waals surface area contributed by atoms with Crippen molar-refractivity contribution in [3.8, 4) is 0 Å². The van der Waals surface area contributed by atoms with E-state index in [2.05, 4.69) is 23.0 Å². The van der Waals surface area contributed by atoms with E-state index in [1.54, 1.807) is 6.26 Å². The van der Waals surface area contributed by atoms with E-state index in [0.29, 0.717) is 17.4 Å². The highest BCUT2D eigenvalue weighted by molar-refractivity contribution is 7.84. The van der Waals surface area contributed by atoms with Crippen molar-refractivity contribution < 1.29 is 13.7 Å². The van der Waals surface area contributed by atoms with Crippen LogP contribution in [0.1, 0.15) is 40.4 Å². The molecular weight excluding hydrogens is 372 g/mol. The number of esters is 1. The van der Waals surface area contributed by atoms with E-state index in [-0.39, 0.29) is 18.4 Å². The summed E-state index contributed by atoms with van der Waals surface area (Å²) in [6, 6.07) is 6.22. The largest absolute Gasteiger partial charge is 0.464 e. The lowest BCUT2D eigenvalue weighted by molar-refractivity contribution is 0.0592. The average Bonchev–Trinajstić information content (AvgIpc) is 2.98. The molecule has 1 unspecified atom stereocenters. The van der Waals surface area contributed by atoms with Crippen LogP contribution in [-0.2, 0) is 22.0 Å². The number of ether oxygens (including phenoxy) is 1. The van der Waals surface area contributed by atoms with Crippen LogP contribution in [0.3, 0.4) is 0 Å². The molecule has 26 heavy (non-hydrogen) atoms. The number of hydrogen-bond donors (Lipinski definition) is 1. The summed E-state index contributed by atoms with van der Waals surface area (Å²) >= 11 is 0. The van der Waals surface area contributed by atoms with Crippen LogP contribution in [-0.4, -0.2) is 59.3 Å². The van der Waals surface area contributed by atoms with Gasteiger partial charge in [0.2, 0.25) is 0 Å². The molecule has 1 saturated heterocycles. The van der Waals surface area contributed by atoms with Gasteiger partial charge in [-0.2, -0.15) is 0 Å². The molecule has 0 saturated carbocycles. The summed E-state index contributed by atoms with van der Waals surface area (Å²) in [4.78, 5) is 17.9. The van der Waals surface area contributed by atoms with E-state index >= 15 is 0 Å². The number of benzene rings is 1. The number of aromatic nitrogens is 1. The van der Waals surface area contributed by atoms with Gasteiger partial charge in [-0.25, -0.2) is 4.79 Å². The second-order valence-electron chi connectivity index (χ2n) is 6.89. The maximum Gasteiger partial charge on any atom is 0.354 e. The molecule has 0 spiro atoms. The molecule has 7 heteroatoms. The van der Waals surface area contributed by atoms with E-state index in [0.717, 1.165) is 54.4 Å². The Morgan fingerprint density at radius 1 is 1.35 bits per heavy atom. The molecule has 1 aliphatic heterocycles. The topological polar surface area (TPSA) is 62.4 Å². The average molecular weight is 399 g/mol. The number of hydrogen-bond acceptors (Lipinski definition) is 4. The van der Waals surface area contributed by atoms with E-state index < -0.39 is 10.8 Å². The first-order valence-corrected chi connectivity index (χ1v) is 10.4. The number of carbonyl (C=O) groups excluding carboxylic acids is 1. The van der Waals surface area contributed by atoms with Gasteiger partial charge in [-0.05, 0) is 68.6 Å². The van der Waals surface area contributed by atoms with Gasteiger partial charge in [-0.1, -0.05) is 6.07 Å². The first-order chi connectivity index (χ1) is 12.0. The normalized spacial score (nSPS) is 17.0. The highest BCUT2D eigenvalue weighted by atomic mass is 35.5. The fraction of sp³-hybridized carbons (Fsp3) is 0.526. The number of methoxy groups -OCH3 is 1. The van der Waals surface area contributed by atoms with Gasteiger partial charge in [0.25, 0.3) is 0 Å². The summed E-state index contributed by atoms with van der Waals surface area (Å²) in [5.74, 6) is 0.708. The van der Waals surface area contributed by atoms with Crippen molar-refractivity contribution in [2.24, 2.45) is 0 Å². The van der Waals surface area contributed by atoms with Crippen LogP contribution in [0, 0.1) is 0 Å². The molecule has 1 aliphatic rings. The van der Waals surface area contributed by atoms with Crippen molar-refractivity contribution >= 4 is 40.1 Å². The SMILES string of the molecule is COC(=O)c1[nH]c2ccc(CCS(C)=O)cc2c1C1CCN(C)CC1.Cl. The van der Waals surface area contributed by atoms with Gasteiger partial charge < -0.3 is 14.6 Å². The first kappa shape index (κ1) is 20.9. The monoisotopic (exact) mass is 398 g/mol. The number of H-pyrrole nitrogens is 1. The smallest absolute Gasteiger partial charge is 0.354 e. The van der Waals surface area contributed by atoms with Crippen molar-refractivity contribution in [1.29, 1.82) is 0 Å². The molecule has 144 valence electrons. The zero-order valence-corrected chi connectivity index (χ0v) is 17.2. The zero-order chi connectivity index (χ0) is 18.0. The van der Waals surface area contributed by atoms with Gasteiger partial charge in [-0.15, -0.1) is 12.4 Å². The molecular formula is C19H27ClN2O3S. The Labute approximate surface area is 163 Å². The van der Waals surface area contributed by atoms with Crippen LogP contribution in [0.2, 0.25) is 0 Å². The summed E-state index contributed by atoms with van der Waals surface area (Å²) in [5.41, 5.74) is 3.81. The molecule has 3 rings (SSSR count). The number of nitrogens with one attached hydrogen (secondary N) is 1. The number of fused-ring (bicyclic) bond motifs is 1. The van der Waals surface area contributed by atoms with E-state index in [4.69, 9.17) is 4.74 Å². The quantitative estimate of drug-likeness (QED) is 0.786. The molecule has 1 aromatic heterocycles. The minimum atomic E-state index is -0.804. The number of carbonyl (C=O) groups is 1. The summed E-state index contributed by atoms with van der Waals surface area (Å²) in [6.07, 6.45) is 4.59. The first-order valence-electron chi connectivity index (χ1n) is 8.71. The predicted octanol–water partition coefficient (Wildman–Crippen LogP) is 3.11. The summed E-state index contributed by atoms with van der Waals surface area (Å²) in [6.45, 7) is 2.07. The number of rotatable bonds is 5. The minimum absolute atomic E-state index is 0. The molecule has 2 aromatic rings. The predicted molar refractivity (Wildman–Crippen MR) is 109 cm³/mol. The number of piperidine rings is 1. The van der Waals surface area contributed by atoms with Crippen molar-refractivity contribution in [1.82, 2.24) is 9.88 Å². The van der Waals surface area contributed by atoms with Crippen molar-refractivity contribution in [3.63, 3.8) is 0 Å². The van der Waals surface area contributed by atoms with Crippen LogP contribution >= 0.6 is 12.4 Å². The Morgan fingerprint density at radius 2 is 2.04 bits per heavy atom. The Balaban J connectivity index is 0.00000243. The summed E-state index contributed by atoms with van der Waals surface area (Å²) in [7, 11) is 2.75. The Hall–Kier alpha value is -1.37. The zero-order valence-electron chi connectivity index (χ0n) is 15.5. The number of halogens is 1. The number of likely N-dealkylation sites (tertiary alicyclic amines) is 1. The lowest BCUT2D eigenvalue weighted by atomic mass is 9.87. The number of aryl methyl sites for hydroxylation is 1. The third kappa shape index (κ3) is 4.48. The van der Waals surface area contributed by atoms with Gasteiger partial charge in [0.1, 0.15) is 5.69 Å². The third-order valence-corrected chi connectivity index (χ3v) is 5.88. The van der Waals surface area contributed by atoms with Crippen LogP contribution in [0.4, 0.5) is 0 Å².